The van der Waals surface area contributed by atoms with Crippen molar-refractivity contribution in [2.24, 2.45) is 23.0 Å². The first-order valence-electron chi connectivity index (χ1n) is 6.69. The van der Waals surface area contributed by atoms with Crippen LogP contribution in [0.2, 0.25) is 0 Å². The Hall–Kier alpha value is -0.0400. The van der Waals surface area contributed by atoms with E-state index < -0.39 is 0 Å². The van der Waals surface area contributed by atoms with Gasteiger partial charge >= 0.3 is 0 Å². The van der Waals surface area contributed by atoms with E-state index in [4.69, 9.17) is 5.73 Å². The smallest absolute Gasteiger partial charge is 0.00771 e. The number of rotatable bonds is 8. The van der Waals surface area contributed by atoms with Crippen molar-refractivity contribution in [3.63, 3.8) is 0 Å². The second-order valence-corrected chi connectivity index (χ2v) is 5.63. The van der Waals surface area contributed by atoms with Crippen molar-refractivity contribution >= 4 is 0 Å². The normalized spacial score (nSPS) is 16.4. The Balaban J connectivity index is 4.28. The summed E-state index contributed by atoms with van der Waals surface area (Å²) in [6.45, 7) is 12.7. The molecular weight excluding hydrogens is 182 g/mol. The molecule has 15 heavy (non-hydrogen) atoms. The average Bonchev–Trinajstić information content (AvgIpc) is 2.22. The topological polar surface area (TPSA) is 26.0 Å². The molecule has 1 nitrogen and oxygen atoms in total. The van der Waals surface area contributed by atoms with E-state index in [0.29, 0.717) is 5.41 Å². The minimum Gasteiger partial charge on any atom is -0.330 e. The zero-order valence-electron chi connectivity index (χ0n) is 11.5. The first kappa shape index (κ1) is 15.0. The van der Waals surface area contributed by atoms with E-state index in [1.807, 2.05) is 0 Å². The van der Waals surface area contributed by atoms with Gasteiger partial charge in [0.05, 0.1) is 0 Å². The molecule has 1 heteroatoms. The number of hydrogen-bond donors (Lipinski definition) is 1. The van der Waals surface area contributed by atoms with Crippen molar-refractivity contribution < 1.29 is 0 Å². The van der Waals surface area contributed by atoms with Crippen molar-refractivity contribution in [2.45, 2.75) is 66.7 Å². The van der Waals surface area contributed by atoms with Crippen LogP contribution >= 0.6 is 0 Å². The summed E-state index contributed by atoms with van der Waals surface area (Å²) in [5.74, 6) is 1.71. The molecule has 0 fully saturated rings. The molecule has 0 heterocycles. The van der Waals surface area contributed by atoms with Crippen molar-refractivity contribution in [2.75, 3.05) is 6.54 Å². The Kier molecular flexibility index (Phi) is 7.25. The Morgan fingerprint density at radius 2 is 1.80 bits per heavy atom. The maximum Gasteiger partial charge on any atom is -0.00771 e. The van der Waals surface area contributed by atoms with Gasteiger partial charge in [-0.15, -0.1) is 0 Å². The second-order valence-electron chi connectivity index (χ2n) is 5.63. The van der Waals surface area contributed by atoms with E-state index in [1.165, 1.54) is 32.1 Å². The Morgan fingerprint density at radius 1 is 1.20 bits per heavy atom. The van der Waals surface area contributed by atoms with Gasteiger partial charge in [0.2, 0.25) is 0 Å². The highest BCUT2D eigenvalue weighted by atomic mass is 14.5. The molecule has 2 N–H and O–H groups in total. The molecule has 0 saturated heterocycles. The Morgan fingerprint density at radius 3 is 2.20 bits per heavy atom. The summed E-state index contributed by atoms with van der Waals surface area (Å²) in [6.07, 6.45) is 6.45. The molecule has 0 aliphatic rings. The molecule has 0 amide bonds. The van der Waals surface area contributed by atoms with E-state index in [2.05, 4.69) is 34.6 Å². The molecule has 0 unspecified atom stereocenters. The third-order valence-corrected chi connectivity index (χ3v) is 4.15. The van der Waals surface area contributed by atoms with Gasteiger partial charge in [0.25, 0.3) is 0 Å². The van der Waals surface area contributed by atoms with Crippen molar-refractivity contribution in [3.05, 3.63) is 0 Å². The van der Waals surface area contributed by atoms with Crippen LogP contribution in [0.3, 0.4) is 0 Å². The molecule has 0 bridgehead atoms. The fourth-order valence-electron chi connectivity index (χ4n) is 2.60. The highest BCUT2D eigenvalue weighted by Crippen LogP contribution is 2.39. The first-order valence-corrected chi connectivity index (χ1v) is 6.69. The summed E-state index contributed by atoms with van der Waals surface area (Å²) in [4.78, 5) is 0. The quantitative estimate of drug-likeness (QED) is 0.642. The maximum absolute atomic E-state index is 5.60. The number of nitrogens with two attached hydrogens (primary N) is 1. The highest BCUT2D eigenvalue weighted by Gasteiger charge is 2.30. The molecule has 2 atom stereocenters. The standard InChI is InChI=1S/C14H31N/c1-6-9-13(7-2)12(3)14(4,5)10-8-11-15/h12-13H,6-11,15H2,1-5H3/t12-,13+/m1/s1. The maximum atomic E-state index is 5.60. The predicted molar refractivity (Wildman–Crippen MR) is 69.9 cm³/mol. The largest absolute Gasteiger partial charge is 0.330 e. The minimum absolute atomic E-state index is 0.454. The molecule has 92 valence electrons. The van der Waals surface area contributed by atoms with E-state index in [-0.39, 0.29) is 0 Å². The van der Waals surface area contributed by atoms with Crippen LogP contribution in [-0.2, 0) is 0 Å². The monoisotopic (exact) mass is 213 g/mol. The van der Waals surface area contributed by atoms with E-state index in [0.717, 1.165) is 18.4 Å². The first-order chi connectivity index (χ1) is 6.99. The van der Waals surface area contributed by atoms with Gasteiger partial charge in [0, 0.05) is 0 Å². The van der Waals surface area contributed by atoms with E-state index in [1.54, 1.807) is 0 Å². The third-order valence-electron chi connectivity index (χ3n) is 4.15. The second kappa shape index (κ2) is 7.27. The summed E-state index contributed by atoms with van der Waals surface area (Å²) in [6, 6.07) is 0. The summed E-state index contributed by atoms with van der Waals surface area (Å²) >= 11 is 0. The zero-order valence-corrected chi connectivity index (χ0v) is 11.5. The molecule has 0 aromatic carbocycles. The van der Waals surface area contributed by atoms with Crippen molar-refractivity contribution in [3.8, 4) is 0 Å². The van der Waals surface area contributed by atoms with E-state index >= 15 is 0 Å². The van der Waals surface area contributed by atoms with Gasteiger partial charge in [-0.3, -0.25) is 0 Å². The summed E-state index contributed by atoms with van der Waals surface area (Å²) in [5, 5.41) is 0. The van der Waals surface area contributed by atoms with Gasteiger partial charge in [0.1, 0.15) is 0 Å². The lowest BCUT2D eigenvalue weighted by Crippen LogP contribution is -2.29. The van der Waals surface area contributed by atoms with E-state index in [9.17, 15) is 0 Å². The Bertz CT molecular complexity index is 151. The molecule has 0 aromatic heterocycles. The molecule has 0 radical (unpaired) electrons. The lowest BCUT2D eigenvalue weighted by atomic mass is 9.68. The summed E-state index contributed by atoms with van der Waals surface area (Å²) < 4.78 is 0. The molecule has 0 aliphatic carbocycles. The summed E-state index contributed by atoms with van der Waals surface area (Å²) in [7, 11) is 0. The van der Waals surface area contributed by atoms with Crippen LogP contribution in [0.25, 0.3) is 0 Å². The molecule has 0 rings (SSSR count). The van der Waals surface area contributed by atoms with Gasteiger partial charge in [-0.2, -0.15) is 0 Å². The zero-order chi connectivity index (χ0) is 11.9. The van der Waals surface area contributed by atoms with Gasteiger partial charge in [-0.1, -0.05) is 53.9 Å². The fraction of sp³-hybridized carbons (Fsp3) is 1.00. The van der Waals surface area contributed by atoms with Crippen LogP contribution in [-0.4, -0.2) is 6.54 Å². The predicted octanol–water partition coefficient (Wildman–Crippen LogP) is 4.21. The van der Waals surface area contributed by atoms with Crippen LogP contribution in [0, 0.1) is 17.3 Å². The van der Waals surface area contributed by atoms with Crippen LogP contribution < -0.4 is 5.73 Å². The van der Waals surface area contributed by atoms with Crippen molar-refractivity contribution in [1.82, 2.24) is 0 Å². The van der Waals surface area contributed by atoms with Crippen LogP contribution in [0.4, 0.5) is 0 Å². The third kappa shape index (κ3) is 5.01. The Labute approximate surface area is 96.8 Å². The summed E-state index contributed by atoms with van der Waals surface area (Å²) in [5.41, 5.74) is 6.06. The molecule has 0 aliphatic heterocycles. The lowest BCUT2D eigenvalue weighted by molar-refractivity contribution is 0.130. The van der Waals surface area contributed by atoms with Crippen molar-refractivity contribution in [1.29, 1.82) is 0 Å². The van der Waals surface area contributed by atoms with Gasteiger partial charge in [-0.25, -0.2) is 0 Å². The minimum atomic E-state index is 0.454. The molecule has 0 aromatic rings. The highest BCUT2D eigenvalue weighted by molar-refractivity contribution is 4.80. The SMILES string of the molecule is CCC[C@H](CC)[C@@H](C)C(C)(C)CCCN. The average molecular weight is 213 g/mol. The molecular formula is C14H31N. The van der Waals surface area contributed by atoms with Crippen LogP contribution in [0.1, 0.15) is 66.7 Å². The number of hydrogen-bond acceptors (Lipinski definition) is 1. The van der Waals surface area contributed by atoms with Crippen LogP contribution in [0.15, 0.2) is 0 Å². The molecule has 0 saturated carbocycles. The van der Waals surface area contributed by atoms with Crippen LogP contribution in [0.5, 0.6) is 0 Å². The fourth-order valence-corrected chi connectivity index (χ4v) is 2.60. The molecule has 0 spiro atoms. The van der Waals surface area contributed by atoms with Gasteiger partial charge in [-0.05, 0) is 36.6 Å². The van der Waals surface area contributed by atoms with Gasteiger partial charge < -0.3 is 5.73 Å². The lowest BCUT2D eigenvalue weighted by Gasteiger charge is -2.37. The van der Waals surface area contributed by atoms with Gasteiger partial charge in [0.15, 0.2) is 0 Å².